The first-order valence-electron chi connectivity index (χ1n) is 6.08. The maximum atomic E-state index is 12.1. The Morgan fingerprint density at radius 3 is 2.95 bits per heavy atom. The molecule has 0 spiro atoms. The molecule has 4 aromatic rings. The minimum atomic E-state index is -0.265. The molecular formula is C15H8N3O2. The molecule has 0 unspecified atom stereocenters. The quantitative estimate of drug-likeness (QED) is 0.572. The number of nitrogens with one attached hydrogen (secondary N) is 1. The first-order valence-corrected chi connectivity index (χ1v) is 6.08. The van der Waals surface area contributed by atoms with Crippen LogP contribution in [0.3, 0.4) is 0 Å². The highest BCUT2D eigenvalue weighted by Crippen LogP contribution is 2.24. The van der Waals surface area contributed by atoms with Crippen molar-refractivity contribution in [3.63, 3.8) is 0 Å². The van der Waals surface area contributed by atoms with Gasteiger partial charge in [0, 0.05) is 5.56 Å². The van der Waals surface area contributed by atoms with Crippen molar-refractivity contribution < 1.29 is 4.42 Å². The standard InChI is InChI=1S/C15H8N3O2/c19-15-9-4-1-2-6-11(9)17-14(18-15)10-5-3-7-12-13(10)16-8-20-12/h1-7H,(H,17,18,19). The van der Waals surface area contributed by atoms with Gasteiger partial charge in [-0.2, -0.15) is 4.98 Å². The number of rotatable bonds is 1. The van der Waals surface area contributed by atoms with E-state index in [-0.39, 0.29) is 5.56 Å². The van der Waals surface area contributed by atoms with Gasteiger partial charge in [-0.1, -0.05) is 18.2 Å². The van der Waals surface area contributed by atoms with Crippen molar-refractivity contribution in [3.8, 4) is 11.4 Å². The van der Waals surface area contributed by atoms with Gasteiger partial charge in [-0.15, -0.1) is 0 Å². The summed E-state index contributed by atoms with van der Waals surface area (Å²) in [6.07, 6.45) is 2.45. The first-order chi connectivity index (χ1) is 9.83. The molecule has 0 aliphatic carbocycles. The number of nitrogens with zero attached hydrogens (tertiary/aromatic N) is 2. The number of hydrogen-bond donors (Lipinski definition) is 1. The van der Waals surface area contributed by atoms with Gasteiger partial charge in [0.2, 0.25) is 0 Å². The second kappa shape index (κ2) is 4.03. The molecule has 0 aliphatic heterocycles. The largest absolute Gasteiger partial charge is 0.432 e. The maximum Gasteiger partial charge on any atom is 0.284 e. The fourth-order valence-corrected chi connectivity index (χ4v) is 2.25. The van der Waals surface area contributed by atoms with Gasteiger partial charge in [0.25, 0.3) is 12.0 Å². The van der Waals surface area contributed by atoms with E-state index in [4.69, 9.17) is 4.42 Å². The minimum Gasteiger partial charge on any atom is -0.432 e. The number of fused-ring (bicyclic) bond motifs is 2. The average molecular weight is 262 g/mol. The van der Waals surface area contributed by atoms with Gasteiger partial charge >= 0.3 is 0 Å². The van der Waals surface area contributed by atoms with Crippen LogP contribution in [0, 0.1) is 6.39 Å². The topological polar surface area (TPSA) is 71.8 Å². The smallest absolute Gasteiger partial charge is 0.284 e. The highest BCUT2D eigenvalue weighted by molar-refractivity contribution is 5.89. The fourth-order valence-electron chi connectivity index (χ4n) is 2.25. The monoisotopic (exact) mass is 262 g/mol. The van der Waals surface area contributed by atoms with E-state index >= 15 is 0 Å². The first kappa shape index (κ1) is 10.9. The Kier molecular flexibility index (Phi) is 2.20. The van der Waals surface area contributed by atoms with Crippen LogP contribution in [0.4, 0.5) is 0 Å². The Bertz CT molecular complexity index is 985. The van der Waals surface area contributed by atoms with Gasteiger partial charge in [-0.05, 0) is 24.3 Å². The number of aromatic amines is 1. The molecule has 0 aliphatic rings. The van der Waals surface area contributed by atoms with Gasteiger partial charge < -0.3 is 9.40 Å². The third-order valence-electron chi connectivity index (χ3n) is 3.19. The van der Waals surface area contributed by atoms with Crippen LogP contribution < -0.4 is 5.56 Å². The minimum absolute atomic E-state index is 0.265. The van der Waals surface area contributed by atoms with Gasteiger partial charge in [0.05, 0.1) is 10.9 Å². The summed E-state index contributed by atoms with van der Waals surface area (Å²) in [7, 11) is 0. The predicted molar refractivity (Wildman–Crippen MR) is 74.2 cm³/mol. The second-order valence-electron chi connectivity index (χ2n) is 4.39. The molecule has 5 nitrogen and oxygen atoms in total. The normalized spacial score (nSPS) is 11.2. The summed E-state index contributed by atoms with van der Waals surface area (Å²) >= 11 is 0. The SMILES string of the molecule is O=c1nc(-c2cccc3o[c]nc23)[nH]c2ccccc12. The summed E-state index contributed by atoms with van der Waals surface area (Å²) in [5, 5.41) is 0.565. The number of H-pyrrole nitrogens is 1. The lowest BCUT2D eigenvalue weighted by molar-refractivity contribution is 0.591. The lowest BCUT2D eigenvalue weighted by atomic mass is 10.1. The molecule has 20 heavy (non-hydrogen) atoms. The molecule has 0 saturated heterocycles. The lowest BCUT2D eigenvalue weighted by Gasteiger charge is -2.03. The molecule has 0 saturated carbocycles. The van der Waals surface area contributed by atoms with E-state index in [2.05, 4.69) is 21.3 Å². The Morgan fingerprint density at radius 2 is 2.00 bits per heavy atom. The molecule has 0 amide bonds. The molecule has 1 radical (unpaired) electrons. The van der Waals surface area contributed by atoms with E-state index in [0.29, 0.717) is 22.3 Å². The van der Waals surface area contributed by atoms with Gasteiger partial charge in [0.15, 0.2) is 5.58 Å². The van der Waals surface area contributed by atoms with E-state index in [1.165, 1.54) is 0 Å². The molecular weight excluding hydrogens is 254 g/mol. The van der Waals surface area contributed by atoms with Gasteiger partial charge in [0.1, 0.15) is 11.3 Å². The number of aromatic nitrogens is 3. The van der Waals surface area contributed by atoms with Gasteiger partial charge in [-0.25, -0.2) is 4.98 Å². The van der Waals surface area contributed by atoms with Crippen molar-refractivity contribution in [1.82, 2.24) is 15.0 Å². The highest BCUT2D eigenvalue weighted by atomic mass is 16.3. The predicted octanol–water partition coefficient (Wildman–Crippen LogP) is 2.53. The second-order valence-corrected chi connectivity index (χ2v) is 4.39. The summed E-state index contributed by atoms with van der Waals surface area (Å²) < 4.78 is 5.14. The Balaban J connectivity index is 2.08. The van der Waals surface area contributed by atoms with E-state index in [1.54, 1.807) is 12.1 Å². The number of benzene rings is 2. The van der Waals surface area contributed by atoms with Crippen molar-refractivity contribution in [3.05, 3.63) is 59.2 Å². The molecule has 2 aromatic heterocycles. The van der Waals surface area contributed by atoms with Crippen LogP contribution in [0.15, 0.2) is 51.7 Å². The van der Waals surface area contributed by atoms with Crippen molar-refractivity contribution >= 4 is 22.0 Å². The molecule has 95 valence electrons. The summed E-state index contributed by atoms with van der Waals surface area (Å²) in [6, 6.07) is 12.7. The van der Waals surface area contributed by atoms with Crippen molar-refractivity contribution in [2.75, 3.05) is 0 Å². The van der Waals surface area contributed by atoms with E-state index in [1.807, 2.05) is 30.3 Å². The summed E-state index contributed by atoms with van der Waals surface area (Å²) in [4.78, 5) is 23.4. The third kappa shape index (κ3) is 1.53. The average Bonchev–Trinajstić information content (AvgIpc) is 2.95. The maximum absolute atomic E-state index is 12.1. The molecule has 4 rings (SSSR count). The van der Waals surface area contributed by atoms with Crippen LogP contribution in [0.1, 0.15) is 0 Å². The summed E-state index contributed by atoms with van der Waals surface area (Å²) in [5.74, 6) is 0.474. The van der Waals surface area contributed by atoms with E-state index in [0.717, 1.165) is 11.1 Å². The summed E-state index contributed by atoms with van der Waals surface area (Å²) in [5.41, 5.74) is 2.44. The molecule has 2 aromatic carbocycles. The Labute approximate surface area is 112 Å². The van der Waals surface area contributed by atoms with E-state index < -0.39 is 0 Å². The third-order valence-corrected chi connectivity index (χ3v) is 3.19. The van der Waals surface area contributed by atoms with Crippen LogP contribution in [-0.4, -0.2) is 15.0 Å². The van der Waals surface area contributed by atoms with Gasteiger partial charge in [-0.3, -0.25) is 4.79 Å². The molecule has 5 heteroatoms. The molecule has 2 heterocycles. The number of hydrogen-bond acceptors (Lipinski definition) is 4. The van der Waals surface area contributed by atoms with Crippen molar-refractivity contribution in [2.24, 2.45) is 0 Å². The van der Waals surface area contributed by atoms with Crippen molar-refractivity contribution in [1.29, 1.82) is 0 Å². The fraction of sp³-hybridized carbons (Fsp3) is 0. The Hall–Kier alpha value is -2.95. The Morgan fingerprint density at radius 1 is 1.10 bits per heavy atom. The molecule has 0 fully saturated rings. The zero-order valence-corrected chi connectivity index (χ0v) is 10.3. The van der Waals surface area contributed by atoms with Crippen LogP contribution in [0.2, 0.25) is 0 Å². The van der Waals surface area contributed by atoms with Crippen molar-refractivity contribution in [2.45, 2.75) is 0 Å². The molecule has 0 bridgehead atoms. The molecule has 1 N–H and O–H groups in total. The lowest BCUT2D eigenvalue weighted by Crippen LogP contribution is -2.09. The van der Waals surface area contributed by atoms with E-state index in [9.17, 15) is 4.79 Å². The van der Waals surface area contributed by atoms with Crippen LogP contribution in [0.25, 0.3) is 33.4 Å². The van der Waals surface area contributed by atoms with Crippen LogP contribution in [0.5, 0.6) is 0 Å². The zero-order chi connectivity index (χ0) is 13.5. The number of para-hydroxylation sites is 2. The summed E-state index contributed by atoms with van der Waals surface area (Å²) in [6.45, 7) is 0. The molecule has 0 atom stereocenters. The number of oxazole rings is 1. The highest BCUT2D eigenvalue weighted by Gasteiger charge is 2.11. The van der Waals surface area contributed by atoms with Crippen LogP contribution >= 0.6 is 0 Å². The van der Waals surface area contributed by atoms with Crippen LogP contribution in [-0.2, 0) is 0 Å². The zero-order valence-electron chi connectivity index (χ0n) is 10.3.